The molecule has 1 aromatic carbocycles. The van der Waals surface area contributed by atoms with Gasteiger partial charge >= 0.3 is 0 Å². The summed E-state index contributed by atoms with van der Waals surface area (Å²) >= 11 is 0. The molecule has 0 saturated carbocycles. The lowest BCUT2D eigenvalue weighted by Gasteiger charge is -1.95. The molecular weight excluding hydrogens is 176 g/mol. The second-order valence-electron chi connectivity index (χ2n) is 2.62. The van der Waals surface area contributed by atoms with E-state index in [-0.39, 0.29) is 12.4 Å². The van der Waals surface area contributed by atoms with Crippen molar-refractivity contribution < 1.29 is 12.4 Å². The lowest BCUT2D eigenvalue weighted by atomic mass is 10.2. The predicted octanol–water partition coefficient (Wildman–Crippen LogP) is -0.931. The number of benzene rings is 1. The molecule has 1 aromatic rings. The topological polar surface area (TPSA) is 0 Å². The minimum absolute atomic E-state index is 0. The van der Waals surface area contributed by atoms with Crippen molar-refractivity contribution in [1.29, 1.82) is 0 Å². The zero-order chi connectivity index (χ0) is 7.40. The maximum atomic E-state index is 2.27. The van der Waals surface area contributed by atoms with E-state index in [1.807, 2.05) is 0 Å². The van der Waals surface area contributed by atoms with Crippen LogP contribution in [0.1, 0.15) is 5.56 Å². The molecule has 0 aromatic heterocycles. The van der Waals surface area contributed by atoms with E-state index in [0.29, 0.717) is 10.9 Å². The van der Waals surface area contributed by atoms with Crippen LogP contribution in [0.15, 0.2) is 30.3 Å². The molecule has 0 aliphatic rings. The van der Waals surface area contributed by atoms with Crippen LogP contribution in [0.5, 0.6) is 0 Å². The summed E-state index contributed by atoms with van der Waals surface area (Å²) in [6.07, 6.45) is 4.54. The Morgan fingerprint density at radius 3 is 2.09 bits per heavy atom. The van der Waals surface area contributed by atoms with Gasteiger partial charge in [0, 0.05) is 5.56 Å². The van der Waals surface area contributed by atoms with Crippen molar-refractivity contribution in [2.24, 2.45) is 0 Å². The highest BCUT2D eigenvalue weighted by atomic mass is 35.5. The van der Waals surface area contributed by atoms with Gasteiger partial charge in [-0.15, -0.1) is 0 Å². The summed E-state index contributed by atoms with van der Waals surface area (Å²) in [4.78, 5) is 0. The first-order chi connectivity index (χ1) is 4.79. The zero-order valence-corrected chi connectivity index (χ0v) is 8.45. The molecule has 0 heterocycles. The smallest absolute Gasteiger partial charge is 0.132 e. The average molecular weight is 189 g/mol. The van der Waals surface area contributed by atoms with Crippen LogP contribution >= 0.6 is 0 Å². The van der Waals surface area contributed by atoms with E-state index in [1.54, 1.807) is 0 Å². The summed E-state index contributed by atoms with van der Waals surface area (Å²) < 4.78 is 0. The second-order valence-corrected chi connectivity index (χ2v) is 4.88. The molecule has 0 N–H and O–H groups in total. The van der Waals surface area contributed by atoms with Gasteiger partial charge in [-0.25, -0.2) is 0 Å². The van der Waals surface area contributed by atoms with E-state index in [9.17, 15) is 0 Å². The van der Waals surface area contributed by atoms with Crippen molar-refractivity contribution in [3.63, 3.8) is 0 Å². The summed E-state index contributed by atoms with van der Waals surface area (Å²) in [5.41, 5.74) is 1.45. The molecule has 0 atom stereocenters. The van der Waals surface area contributed by atoms with Crippen LogP contribution in [0.25, 0.3) is 0 Å². The summed E-state index contributed by atoms with van der Waals surface area (Å²) in [5, 5.41) is 0. The van der Waals surface area contributed by atoms with Gasteiger partial charge in [-0.2, -0.15) is 0 Å². The maximum Gasteiger partial charge on any atom is 0.132 e. The van der Waals surface area contributed by atoms with Gasteiger partial charge < -0.3 is 12.4 Å². The minimum atomic E-state index is 0. The van der Waals surface area contributed by atoms with Gasteiger partial charge in [0.25, 0.3) is 0 Å². The van der Waals surface area contributed by atoms with Crippen molar-refractivity contribution >= 4 is 10.9 Å². The average Bonchev–Trinajstić information content (AvgIpc) is 1.88. The summed E-state index contributed by atoms with van der Waals surface area (Å²) in [5.74, 6) is 1.22. The first kappa shape index (κ1) is 10.9. The lowest BCUT2D eigenvalue weighted by molar-refractivity contribution is -0.00000223. The third-order valence-corrected chi connectivity index (χ3v) is 2.21. The van der Waals surface area contributed by atoms with Crippen molar-refractivity contribution in [1.82, 2.24) is 0 Å². The molecular formula is C9H13ClS. The molecule has 0 aliphatic carbocycles. The molecule has 0 aliphatic heterocycles. The van der Waals surface area contributed by atoms with Crippen LogP contribution < -0.4 is 12.4 Å². The Bertz CT molecular complexity index is 184. The third kappa shape index (κ3) is 4.33. The fourth-order valence-corrected chi connectivity index (χ4v) is 1.77. The summed E-state index contributed by atoms with van der Waals surface area (Å²) in [7, 11) is 0.533. The molecule has 0 amide bonds. The summed E-state index contributed by atoms with van der Waals surface area (Å²) in [6.45, 7) is 0. The highest BCUT2D eigenvalue weighted by molar-refractivity contribution is 7.94. The molecule has 0 radical (unpaired) electrons. The van der Waals surface area contributed by atoms with Crippen molar-refractivity contribution in [2.75, 3.05) is 12.5 Å². The Labute approximate surface area is 77.8 Å². The van der Waals surface area contributed by atoms with E-state index in [4.69, 9.17) is 0 Å². The van der Waals surface area contributed by atoms with Crippen molar-refractivity contribution in [3.05, 3.63) is 35.9 Å². The van der Waals surface area contributed by atoms with Crippen molar-refractivity contribution in [3.8, 4) is 0 Å². The molecule has 0 bridgehead atoms. The Morgan fingerprint density at radius 2 is 1.64 bits per heavy atom. The van der Waals surface area contributed by atoms with Gasteiger partial charge in [0.1, 0.15) is 5.75 Å². The van der Waals surface area contributed by atoms with Gasteiger partial charge in [0.05, 0.1) is 12.5 Å². The molecule has 11 heavy (non-hydrogen) atoms. The van der Waals surface area contributed by atoms with Gasteiger partial charge in [-0.1, -0.05) is 30.3 Å². The largest absolute Gasteiger partial charge is 1.00 e. The van der Waals surface area contributed by atoms with Crippen molar-refractivity contribution in [2.45, 2.75) is 5.75 Å². The number of rotatable bonds is 2. The van der Waals surface area contributed by atoms with Crippen LogP contribution in [-0.2, 0) is 16.6 Å². The minimum Gasteiger partial charge on any atom is -1.00 e. The van der Waals surface area contributed by atoms with E-state index in [0.717, 1.165) is 0 Å². The molecule has 1 rings (SSSR count). The maximum absolute atomic E-state index is 2.27. The first-order valence-electron chi connectivity index (χ1n) is 3.37. The van der Waals surface area contributed by atoms with Gasteiger partial charge in [0.15, 0.2) is 0 Å². The molecule has 2 heteroatoms. The number of hydrogen-bond acceptors (Lipinski definition) is 0. The Hall–Kier alpha value is -0.140. The number of halogens is 1. The van der Waals surface area contributed by atoms with Crippen LogP contribution in [0, 0.1) is 0 Å². The predicted molar refractivity (Wildman–Crippen MR) is 49.4 cm³/mol. The SMILES string of the molecule is C[S+](C)Cc1ccccc1.[Cl-]. The Balaban J connectivity index is 0.000001000. The summed E-state index contributed by atoms with van der Waals surface area (Å²) in [6, 6.07) is 10.6. The van der Waals surface area contributed by atoms with Gasteiger partial charge in [-0.05, 0) is 10.9 Å². The highest BCUT2D eigenvalue weighted by Crippen LogP contribution is 2.03. The standard InChI is InChI=1S/C9H13S.ClH/c1-10(2)8-9-6-4-3-5-7-9;/h3-7H,8H2,1-2H3;1H/q+1;/p-1. The van der Waals surface area contributed by atoms with E-state index >= 15 is 0 Å². The van der Waals surface area contributed by atoms with Gasteiger partial charge in [0.2, 0.25) is 0 Å². The van der Waals surface area contributed by atoms with Crippen LogP contribution in [0.3, 0.4) is 0 Å². The highest BCUT2D eigenvalue weighted by Gasteiger charge is 2.01. The number of hydrogen-bond donors (Lipinski definition) is 0. The van der Waals surface area contributed by atoms with Crippen LogP contribution in [0.2, 0.25) is 0 Å². The second kappa shape index (κ2) is 5.50. The molecule has 62 valence electrons. The monoisotopic (exact) mass is 188 g/mol. The van der Waals surface area contributed by atoms with Crippen LogP contribution in [0.4, 0.5) is 0 Å². The first-order valence-corrected chi connectivity index (χ1v) is 5.58. The molecule has 0 unspecified atom stereocenters. The van der Waals surface area contributed by atoms with Gasteiger partial charge in [-0.3, -0.25) is 0 Å². The molecule has 0 saturated heterocycles. The van der Waals surface area contributed by atoms with Crippen LogP contribution in [-0.4, -0.2) is 12.5 Å². The molecule has 0 spiro atoms. The van der Waals surface area contributed by atoms with E-state index < -0.39 is 0 Å². The van der Waals surface area contributed by atoms with E-state index in [1.165, 1.54) is 11.3 Å². The Morgan fingerprint density at radius 1 is 1.09 bits per heavy atom. The quantitative estimate of drug-likeness (QED) is 0.527. The Kier molecular flexibility index (Phi) is 5.43. The molecule has 0 fully saturated rings. The normalized spacial score (nSPS) is 9.36. The fourth-order valence-electron chi connectivity index (χ4n) is 0.908. The molecule has 0 nitrogen and oxygen atoms in total. The lowest BCUT2D eigenvalue weighted by Crippen LogP contribution is -3.00. The third-order valence-electron chi connectivity index (χ3n) is 1.30. The van der Waals surface area contributed by atoms with E-state index in [2.05, 4.69) is 42.8 Å². The zero-order valence-electron chi connectivity index (χ0n) is 6.88. The fraction of sp³-hybridized carbons (Fsp3) is 0.333.